The largest absolute Gasteiger partial charge is 0.396 e. The lowest BCUT2D eigenvalue weighted by molar-refractivity contribution is -0.136. The van der Waals surface area contributed by atoms with Gasteiger partial charge in [0.2, 0.25) is 11.8 Å². The first-order valence-corrected chi connectivity index (χ1v) is 7.98. The van der Waals surface area contributed by atoms with Crippen molar-refractivity contribution in [1.29, 1.82) is 0 Å². The van der Waals surface area contributed by atoms with E-state index in [2.05, 4.69) is 10.6 Å². The van der Waals surface area contributed by atoms with Gasteiger partial charge in [-0.3, -0.25) is 9.59 Å². The fourth-order valence-electron chi connectivity index (χ4n) is 2.64. The molecular formula is C15H29N3O3. The lowest BCUT2D eigenvalue weighted by Gasteiger charge is -2.32. The summed E-state index contributed by atoms with van der Waals surface area (Å²) in [6, 6.07) is 0.196. The Morgan fingerprint density at radius 2 is 2.00 bits per heavy atom. The summed E-state index contributed by atoms with van der Waals surface area (Å²) >= 11 is 0. The average Bonchev–Trinajstić information content (AvgIpc) is 2.47. The third-order valence-corrected chi connectivity index (χ3v) is 3.89. The quantitative estimate of drug-likeness (QED) is 0.556. The van der Waals surface area contributed by atoms with Gasteiger partial charge in [-0.25, -0.2) is 0 Å². The number of piperidine rings is 1. The maximum absolute atomic E-state index is 12.1. The molecule has 1 aliphatic rings. The first-order chi connectivity index (χ1) is 10.1. The van der Waals surface area contributed by atoms with Gasteiger partial charge >= 0.3 is 0 Å². The Kier molecular flexibility index (Phi) is 8.30. The lowest BCUT2D eigenvalue weighted by Crippen LogP contribution is -2.44. The summed E-state index contributed by atoms with van der Waals surface area (Å²) in [6.07, 6.45) is 2.56. The number of nitrogens with one attached hydrogen (secondary N) is 2. The smallest absolute Gasteiger partial charge is 0.224 e. The van der Waals surface area contributed by atoms with Gasteiger partial charge in [0.25, 0.3) is 0 Å². The third kappa shape index (κ3) is 6.44. The highest BCUT2D eigenvalue weighted by Gasteiger charge is 2.27. The van der Waals surface area contributed by atoms with Gasteiger partial charge < -0.3 is 20.6 Å². The van der Waals surface area contributed by atoms with Gasteiger partial charge in [0.05, 0.1) is 0 Å². The second-order valence-corrected chi connectivity index (χ2v) is 5.69. The molecule has 1 heterocycles. The molecule has 2 amide bonds. The van der Waals surface area contributed by atoms with Gasteiger partial charge in [0.15, 0.2) is 0 Å². The molecule has 0 aromatic rings. The molecule has 122 valence electrons. The molecule has 0 saturated carbocycles. The zero-order chi connectivity index (χ0) is 15.7. The molecule has 0 spiro atoms. The van der Waals surface area contributed by atoms with Gasteiger partial charge in [0, 0.05) is 44.6 Å². The zero-order valence-electron chi connectivity index (χ0n) is 13.2. The van der Waals surface area contributed by atoms with E-state index in [1.54, 1.807) is 0 Å². The highest BCUT2D eigenvalue weighted by molar-refractivity contribution is 5.80. The van der Waals surface area contributed by atoms with Crippen molar-refractivity contribution < 1.29 is 14.7 Å². The van der Waals surface area contributed by atoms with Crippen molar-refractivity contribution in [2.24, 2.45) is 5.92 Å². The summed E-state index contributed by atoms with van der Waals surface area (Å²) in [5.74, 6) is 0.220. The second kappa shape index (κ2) is 9.73. The molecule has 0 aromatic carbocycles. The van der Waals surface area contributed by atoms with E-state index in [-0.39, 0.29) is 30.4 Å². The van der Waals surface area contributed by atoms with Gasteiger partial charge in [0.1, 0.15) is 0 Å². The van der Waals surface area contributed by atoms with Crippen molar-refractivity contribution in [3.8, 4) is 0 Å². The molecule has 1 aliphatic heterocycles. The summed E-state index contributed by atoms with van der Waals surface area (Å²) in [5.41, 5.74) is 0. The lowest BCUT2D eigenvalue weighted by atomic mass is 9.95. The van der Waals surface area contributed by atoms with E-state index in [0.717, 1.165) is 19.4 Å². The molecule has 1 atom stereocenters. The van der Waals surface area contributed by atoms with E-state index in [1.165, 1.54) is 0 Å². The van der Waals surface area contributed by atoms with Crippen LogP contribution in [0, 0.1) is 5.92 Å². The topological polar surface area (TPSA) is 81.7 Å². The molecule has 0 aliphatic carbocycles. The second-order valence-electron chi connectivity index (χ2n) is 5.69. The van der Waals surface area contributed by atoms with Crippen LogP contribution in [0.2, 0.25) is 0 Å². The van der Waals surface area contributed by atoms with Crippen LogP contribution in [-0.4, -0.2) is 60.6 Å². The maximum Gasteiger partial charge on any atom is 0.224 e. The minimum absolute atomic E-state index is 0.000988. The minimum atomic E-state index is -0.000988. The van der Waals surface area contributed by atoms with E-state index < -0.39 is 0 Å². The van der Waals surface area contributed by atoms with Crippen molar-refractivity contribution in [1.82, 2.24) is 15.5 Å². The Balaban J connectivity index is 2.28. The average molecular weight is 299 g/mol. The monoisotopic (exact) mass is 299 g/mol. The molecule has 0 radical (unpaired) electrons. The van der Waals surface area contributed by atoms with Crippen LogP contribution >= 0.6 is 0 Å². The van der Waals surface area contributed by atoms with Gasteiger partial charge in [-0.15, -0.1) is 0 Å². The van der Waals surface area contributed by atoms with Crippen molar-refractivity contribution in [3.05, 3.63) is 0 Å². The van der Waals surface area contributed by atoms with Crippen molar-refractivity contribution in [2.75, 3.05) is 32.8 Å². The van der Waals surface area contributed by atoms with Crippen LogP contribution in [0.1, 0.15) is 39.5 Å². The number of hydrogen-bond donors (Lipinski definition) is 3. The van der Waals surface area contributed by atoms with E-state index in [1.807, 2.05) is 18.7 Å². The highest BCUT2D eigenvalue weighted by atomic mass is 16.3. The van der Waals surface area contributed by atoms with E-state index in [0.29, 0.717) is 32.5 Å². The normalized spacial score (nSPS) is 17.6. The van der Waals surface area contributed by atoms with Gasteiger partial charge in [-0.05, 0) is 32.7 Å². The van der Waals surface area contributed by atoms with Crippen molar-refractivity contribution in [2.45, 2.75) is 45.6 Å². The minimum Gasteiger partial charge on any atom is -0.396 e. The van der Waals surface area contributed by atoms with Crippen LogP contribution in [0.4, 0.5) is 0 Å². The molecule has 1 unspecified atom stereocenters. The van der Waals surface area contributed by atoms with Gasteiger partial charge in [-0.1, -0.05) is 6.92 Å². The standard InChI is InChI=1S/C15H29N3O3/c1-3-16-12(2)11-14(20)18-8-5-13(6-9-18)15(21)17-7-4-10-19/h12-13,16,19H,3-11H2,1-2H3,(H,17,21). The Bertz CT molecular complexity index is 328. The summed E-state index contributed by atoms with van der Waals surface area (Å²) in [4.78, 5) is 25.9. The van der Waals surface area contributed by atoms with E-state index in [9.17, 15) is 9.59 Å². The fourth-order valence-corrected chi connectivity index (χ4v) is 2.64. The number of carbonyl (C=O) groups excluding carboxylic acids is 2. The number of aliphatic hydroxyl groups is 1. The summed E-state index contributed by atoms with van der Waals surface area (Å²) in [7, 11) is 0. The molecular weight excluding hydrogens is 270 g/mol. The van der Waals surface area contributed by atoms with Crippen LogP contribution in [0.25, 0.3) is 0 Å². The van der Waals surface area contributed by atoms with Crippen LogP contribution in [0.5, 0.6) is 0 Å². The number of rotatable bonds is 8. The van der Waals surface area contributed by atoms with Crippen LogP contribution in [-0.2, 0) is 9.59 Å². The number of carbonyl (C=O) groups is 2. The Morgan fingerprint density at radius 1 is 1.33 bits per heavy atom. The molecule has 6 nitrogen and oxygen atoms in total. The Hall–Kier alpha value is -1.14. The van der Waals surface area contributed by atoms with Crippen LogP contribution in [0.15, 0.2) is 0 Å². The maximum atomic E-state index is 12.1. The number of likely N-dealkylation sites (tertiary alicyclic amines) is 1. The van der Waals surface area contributed by atoms with Gasteiger partial charge in [-0.2, -0.15) is 0 Å². The molecule has 1 fully saturated rings. The van der Waals surface area contributed by atoms with Crippen LogP contribution in [0.3, 0.4) is 0 Å². The number of nitrogens with zero attached hydrogens (tertiary/aromatic N) is 1. The zero-order valence-corrected chi connectivity index (χ0v) is 13.2. The molecule has 1 saturated heterocycles. The Morgan fingerprint density at radius 3 is 2.57 bits per heavy atom. The van der Waals surface area contributed by atoms with E-state index >= 15 is 0 Å². The molecule has 21 heavy (non-hydrogen) atoms. The molecule has 0 bridgehead atoms. The summed E-state index contributed by atoms with van der Waals surface area (Å²) in [5, 5.41) is 14.8. The third-order valence-electron chi connectivity index (χ3n) is 3.89. The molecule has 6 heteroatoms. The molecule has 3 N–H and O–H groups in total. The van der Waals surface area contributed by atoms with Crippen LogP contribution < -0.4 is 10.6 Å². The Labute approximate surface area is 127 Å². The fraction of sp³-hybridized carbons (Fsp3) is 0.867. The van der Waals surface area contributed by atoms with Crippen molar-refractivity contribution in [3.63, 3.8) is 0 Å². The predicted molar refractivity (Wildman–Crippen MR) is 81.8 cm³/mol. The summed E-state index contributed by atoms with van der Waals surface area (Å²) in [6.45, 7) is 6.85. The first-order valence-electron chi connectivity index (χ1n) is 7.98. The highest BCUT2D eigenvalue weighted by Crippen LogP contribution is 2.18. The number of amides is 2. The summed E-state index contributed by atoms with van der Waals surface area (Å²) < 4.78 is 0. The van der Waals surface area contributed by atoms with Crippen molar-refractivity contribution >= 4 is 11.8 Å². The first kappa shape index (κ1) is 17.9. The SMILES string of the molecule is CCNC(C)CC(=O)N1CCC(C(=O)NCCCO)CC1. The molecule has 0 aromatic heterocycles. The van der Waals surface area contributed by atoms with E-state index in [4.69, 9.17) is 5.11 Å². The number of hydrogen-bond acceptors (Lipinski definition) is 4. The number of aliphatic hydroxyl groups excluding tert-OH is 1. The predicted octanol–water partition coefficient (Wildman–Crippen LogP) is 0.112. The molecule has 1 rings (SSSR count).